The Morgan fingerprint density at radius 2 is 2.08 bits per heavy atom. The van der Waals surface area contributed by atoms with Gasteiger partial charge in [0.25, 0.3) is 0 Å². The number of hydrogen-bond acceptors (Lipinski definition) is 7. The Hall–Kier alpha value is -2.87. The fourth-order valence-electron chi connectivity index (χ4n) is 2.61. The van der Waals surface area contributed by atoms with E-state index in [1.807, 2.05) is 17.5 Å². The number of aryl methyl sites for hydroxylation is 1. The molecule has 0 spiro atoms. The number of amides is 1. The average molecular weight is 371 g/mol. The fraction of sp³-hybridized carbons (Fsp3) is 0.278. The summed E-state index contributed by atoms with van der Waals surface area (Å²) in [6, 6.07) is 9.27. The van der Waals surface area contributed by atoms with Crippen molar-refractivity contribution in [1.82, 2.24) is 10.1 Å². The van der Waals surface area contributed by atoms with Gasteiger partial charge in [0, 0.05) is 24.6 Å². The highest BCUT2D eigenvalue weighted by Crippen LogP contribution is 2.32. The standard InChI is InChI=1S/C18H17N3O4S/c22-16(19-12-6-7-13-14(11-12)24-9-8-23-13)4-1-5-17-20-18(21-25-17)15-3-2-10-26-15/h2-3,6-7,10-11H,1,4-5,8-9H2,(H,19,22). The molecule has 4 rings (SSSR count). The number of carbonyl (C=O) groups is 1. The Morgan fingerprint density at radius 3 is 2.92 bits per heavy atom. The van der Waals surface area contributed by atoms with Gasteiger partial charge in [-0.05, 0) is 30.0 Å². The zero-order valence-corrected chi connectivity index (χ0v) is 14.8. The fourth-order valence-corrected chi connectivity index (χ4v) is 3.26. The molecule has 1 amide bonds. The number of fused-ring (bicyclic) bond motifs is 1. The molecule has 8 heteroatoms. The highest BCUT2D eigenvalue weighted by molar-refractivity contribution is 7.13. The molecule has 26 heavy (non-hydrogen) atoms. The molecule has 0 unspecified atom stereocenters. The van der Waals surface area contributed by atoms with E-state index in [1.54, 1.807) is 29.5 Å². The van der Waals surface area contributed by atoms with Crippen LogP contribution in [0.2, 0.25) is 0 Å². The van der Waals surface area contributed by atoms with E-state index in [4.69, 9.17) is 14.0 Å². The number of nitrogens with zero attached hydrogens (tertiary/aromatic N) is 2. The molecule has 134 valence electrons. The maximum atomic E-state index is 12.1. The topological polar surface area (TPSA) is 86.5 Å². The average Bonchev–Trinajstić information content (AvgIpc) is 3.33. The van der Waals surface area contributed by atoms with E-state index < -0.39 is 0 Å². The predicted octanol–water partition coefficient (Wildman–Crippen LogP) is 3.53. The Morgan fingerprint density at radius 1 is 1.19 bits per heavy atom. The highest BCUT2D eigenvalue weighted by atomic mass is 32.1. The minimum atomic E-state index is -0.0697. The van der Waals surface area contributed by atoms with Crippen LogP contribution in [-0.4, -0.2) is 29.3 Å². The van der Waals surface area contributed by atoms with E-state index in [2.05, 4.69) is 15.5 Å². The second-order valence-corrected chi connectivity index (χ2v) is 6.70. The summed E-state index contributed by atoms with van der Waals surface area (Å²) in [5, 5.41) is 8.80. The van der Waals surface area contributed by atoms with Gasteiger partial charge in [0.1, 0.15) is 13.2 Å². The van der Waals surface area contributed by atoms with Crippen molar-refractivity contribution in [2.75, 3.05) is 18.5 Å². The van der Waals surface area contributed by atoms with Crippen LogP contribution in [0.15, 0.2) is 40.2 Å². The Labute approximate surface area is 153 Å². The third kappa shape index (κ3) is 3.85. The van der Waals surface area contributed by atoms with Crippen molar-refractivity contribution < 1.29 is 18.8 Å². The maximum Gasteiger partial charge on any atom is 0.226 e. The van der Waals surface area contributed by atoms with E-state index in [9.17, 15) is 4.79 Å². The molecule has 7 nitrogen and oxygen atoms in total. The number of hydrogen-bond donors (Lipinski definition) is 1. The summed E-state index contributed by atoms with van der Waals surface area (Å²) in [4.78, 5) is 17.4. The number of aromatic nitrogens is 2. The number of nitrogens with one attached hydrogen (secondary N) is 1. The first-order valence-corrected chi connectivity index (χ1v) is 9.22. The van der Waals surface area contributed by atoms with Gasteiger partial charge >= 0.3 is 0 Å². The SMILES string of the molecule is O=C(CCCc1nc(-c2cccs2)no1)Nc1ccc2c(c1)OCCO2. The van der Waals surface area contributed by atoms with Gasteiger partial charge in [-0.1, -0.05) is 11.2 Å². The van der Waals surface area contributed by atoms with Gasteiger partial charge in [-0.15, -0.1) is 11.3 Å². The van der Waals surface area contributed by atoms with Gasteiger partial charge in [-0.3, -0.25) is 4.79 Å². The molecule has 0 saturated carbocycles. The normalized spacial score (nSPS) is 12.8. The molecular formula is C18H17N3O4S. The van der Waals surface area contributed by atoms with Crippen LogP contribution in [0.1, 0.15) is 18.7 Å². The van der Waals surface area contributed by atoms with Crippen LogP contribution >= 0.6 is 11.3 Å². The molecule has 0 bridgehead atoms. The smallest absolute Gasteiger partial charge is 0.226 e. The van der Waals surface area contributed by atoms with Crippen LogP contribution in [-0.2, 0) is 11.2 Å². The minimum absolute atomic E-state index is 0.0697. The zero-order valence-electron chi connectivity index (χ0n) is 13.9. The van der Waals surface area contributed by atoms with Crippen molar-refractivity contribution in [1.29, 1.82) is 0 Å². The first-order chi connectivity index (χ1) is 12.8. The van der Waals surface area contributed by atoms with E-state index in [0.29, 0.717) is 61.4 Å². The Kier molecular flexibility index (Phi) is 4.83. The summed E-state index contributed by atoms with van der Waals surface area (Å²) in [7, 11) is 0. The van der Waals surface area contributed by atoms with Crippen molar-refractivity contribution in [2.45, 2.75) is 19.3 Å². The zero-order chi connectivity index (χ0) is 17.8. The molecule has 1 aliphatic heterocycles. The van der Waals surface area contributed by atoms with Crippen LogP contribution in [0, 0.1) is 0 Å². The van der Waals surface area contributed by atoms with Crippen LogP contribution < -0.4 is 14.8 Å². The van der Waals surface area contributed by atoms with Crippen molar-refractivity contribution in [3.05, 3.63) is 41.6 Å². The van der Waals surface area contributed by atoms with Crippen LogP contribution in [0.25, 0.3) is 10.7 Å². The van der Waals surface area contributed by atoms with Gasteiger partial charge in [0.2, 0.25) is 17.6 Å². The first-order valence-electron chi connectivity index (χ1n) is 8.34. The van der Waals surface area contributed by atoms with Crippen LogP contribution in [0.4, 0.5) is 5.69 Å². The molecule has 3 heterocycles. The number of thiophene rings is 1. The highest BCUT2D eigenvalue weighted by Gasteiger charge is 2.13. The van der Waals surface area contributed by atoms with Gasteiger partial charge in [-0.2, -0.15) is 4.98 Å². The van der Waals surface area contributed by atoms with E-state index in [1.165, 1.54) is 0 Å². The van der Waals surface area contributed by atoms with E-state index in [-0.39, 0.29) is 5.91 Å². The number of anilines is 1. The third-order valence-corrected chi connectivity index (χ3v) is 4.70. The van der Waals surface area contributed by atoms with Crippen LogP contribution in [0.5, 0.6) is 11.5 Å². The predicted molar refractivity (Wildman–Crippen MR) is 96.6 cm³/mol. The van der Waals surface area contributed by atoms with Crippen molar-refractivity contribution >= 4 is 22.9 Å². The minimum Gasteiger partial charge on any atom is -0.486 e. The molecule has 0 fully saturated rings. The maximum absolute atomic E-state index is 12.1. The second kappa shape index (κ2) is 7.57. The lowest BCUT2D eigenvalue weighted by atomic mass is 10.2. The second-order valence-electron chi connectivity index (χ2n) is 5.75. The molecule has 0 atom stereocenters. The molecule has 0 radical (unpaired) electrons. The molecule has 2 aromatic heterocycles. The summed E-state index contributed by atoms with van der Waals surface area (Å²) in [5.41, 5.74) is 0.692. The van der Waals surface area contributed by atoms with Gasteiger partial charge in [-0.25, -0.2) is 0 Å². The van der Waals surface area contributed by atoms with Gasteiger partial charge in [0.05, 0.1) is 4.88 Å². The number of ether oxygens (including phenoxy) is 2. The van der Waals surface area contributed by atoms with Crippen molar-refractivity contribution in [3.63, 3.8) is 0 Å². The molecule has 0 saturated heterocycles. The number of carbonyl (C=O) groups excluding carboxylic acids is 1. The van der Waals surface area contributed by atoms with Crippen molar-refractivity contribution in [2.24, 2.45) is 0 Å². The lowest BCUT2D eigenvalue weighted by Crippen LogP contribution is -2.16. The van der Waals surface area contributed by atoms with E-state index in [0.717, 1.165) is 4.88 Å². The van der Waals surface area contributed by atoms with Gasteiger partial charge in [0.15, 0.2) is 11.5 Å². The van der Waals surface area contributed by atoms with Crippen molar-refractivity contribution in [3.8, 4) is 22.2 Å². The van der Waals surface area contributed by atoms with Gasteiger partial charge < -0.3 is 19.3 Å². The molecule has 1 N–H and O–H groups in total. The summed E-state index contributed by atoms with van der Waals surface area (Å²) < 4.78 is 16.2. The summed E-state index contributed by atoms with van der Waals surface area (Å²) in [6.07, 6.45) is 1.56. The molecule has 1 aromatic carbocycles. The quantitative estimate of drug-likeness (QED) is 0.713. The number of benzene rings is 1. The van der Waals surface area contributed by atoms with E-state index >= 15 is 0 Å². The molecule has 3 aromatic rings. The largest absolute Gasteiger partial charge is 0.486 e. The third-order valence-electron chi connectivity index (χ3n) is 3.83. The monoisotopic (exact) mass is 371 g/mol. The first kappa shape index (κ1) is 16.6. The Bertz CT molecular complexity index is 892. The lowest BCUT2D eigenvalue weighted by molar-refractivity contribution is -0.116. The lowest BCUT2D eigenvalue weighted by Gasteiger charge is -2.19. The summed E-state index contributed by atoms with van der Waals surface area (Å²) in [6.45, 7) is 1.06. The molecule has 1 aliphatic rings. The summed E-state index contributed by atoms with van der Waals surface area (Å²) >= 11 is 1.56. The summed E-state index contributed by atoms with van der Waals surface area (Å²) in [5.74, 6) is 2.42. The molecular weight excluding hydrogens is 354 g/mol. The number of rotatable bonds is 6. The molecule has 0 aliphatic carbocycles. The van der Waals surface area contributed by atoms with Crippen LogP contribution in [0.3, 0.4) is 0 Å². The Balaban J connectivity index is 1.27.